The van der Waals surface area contributed by atoms with E-state index in [4.69, 9.17) is 0 Å². The van der Waals surface area contributed by atoms with E-state index in [1.165, 1.54) is 25.7 Å². The molecule has 0 spiro atoms. The van der Waals surface area contributed by atoms with Gasteiger partial charge in [-0.2, -0.15) is 0 Å². The largest absolute Gasteiger partial charge is 0.317 e. The van der Waals surface area contributed by atoms with Crippen LogP contribution >= 0.6 is 0 Å². The fourth-order valence-corrected chi connectivity index (χ4v) is 3.46. The van der Waals surface area contributed by atoms with Crippen molar-refractivity contribution < 1.29 is 8.42 Å². The number of hydrogen-bond acceptors (Lipinski definition) is 3. The molecule has 1 saturated carbocycles. The van der Waals surface area contributed by atoms with Crippen molar-refractivity contribution in [2.24, 2.45) is 5.92 Å². The lowest BCUT2D eigenvalue weighted by Crippen LogP contribution is -2.27. The van der Waals surface area contributed by atoms with E-state index in [2.05, 4.69) is 5.32 Å². The van der Waals surface area contributed by atoms with Crippen molar-refractivity contribution in [2.45, 2.75) is 51.5 Å². The zero-order valence-corrected chi connectivity index (χ0v) is 11.4. The zero-order chi connectivity index (χ0) is 12.0. The van der Waals surface area contributed by atoms with Gasteiger partial charge in [0.25, 0.3) is 0 Å². The van der Waals surface area contributed by atoms with Gasteiger partial charge >= 0.3 is 0 Å². The van der Waals surface area contributed by atoms with Crippen LogP contribution in [0.25, 0.3) is 0 Å². The van der Waals surface area contributed by atoms with Gasteiger partial charge in [-0.25, -0.2) is 8.42 Å². The van der Waals surface area contributed by atoms with Crippen molar-refractivity contribution in [3.63, 3.8) is 0 Å². The average Bonchev–Trinajstić information content (AvgIpc) is 2.51. The SMILES string of the molecule is CCS(=O)(=O)CCC1CCCCC(NC)C1. The molecular formula is C12H25NO2S. The minimum Gasteiger partial charge on any atom is -0.317 e. The van der Waals surface area contributed by atoms with Crippen molar-refractivity contribution in [1.82, 2.24) is 5.32 Å². The van der Waals surface area contributed by atoms with Crippen LogP contribution in [0.3, 0.4) is 0 Å². The molecule has 4 heteroatoms. The molecule has 0 saturated heterocycles. The first kappa shape index (κ1) is 14.0. The molecule has 1 rings (SSSR count). The van der Waals surface area contributed by atoms with E-state index in [1.807, 2.05) is 7.05 Å². The number of sulfone groups is 1. The summed E-state index contributed by atoms with van der Waals surface area (Å²) in [5.41, 5.74) is 0. The highest BCUT2D eigenvalue weighted by atomic mass is 32.2. The van der Waals surface area contributed by atoms with Crippen LogP contribution in [0.4, 0.5) is 0 Å². The number of rotatable bonds is 5. The quantitative estimate of drug-likeness (QED) is 0.756. The number of hydrogen-bond donors (Lipinski definition) is 1. The molecule has 0 aromatic heterocycles. The Morgan fingerprint density at radius 2 is 1.94 bits per heavy atom. The predicted octanol–water partition coefficient (Wildman–Crippen LogP) is 1.98. The summed E-state index contributed by atoms with van der Waals surface area (Å²) in [6, 6.07) is 0.594. The smallest absolute Gasteiger partial charge is 0.150 e. The van der Waals surface area contributed by atoms with Gasteiger partial charge in [-0.15, -0.1) is 0 Å². The average molecular weight is 247 g/mol. The van der Waals surface area contributed by atoms with Gasteiger partial charge in [0.15, 0.2) is 0 Å². The summed E-state index contributed by atoms with van der Waals surface area (Å²) < 4.78 is 22.9. The van der Waals surface area contributed by atoms with Crippen LogP contribution in [0.2, 0.25) is 0 Å². The van der Waals surface area contributed by atoms with E-state index >= 15 is 0 Å². The maximum atomic E-state index is 11.5. The second-order valence-corrected chi connectivity index (χ2v) is 7.37. The molecule has 0 radical (unpaired) electrons. The summed E-state index contributed by atoms with van der Waals surface area (Å²) in [5.74, 6) is 1.26. The minimum absolute atomic E-state index is 0.287. The molecule has 2 atom stereocenters. The first-order valence-electron chi connectivity index (χ1n) is 6.45. The van der Waals surface area contributed by atoms with Crippen LogP contribution in [0.1, 0.15) is 45.4 Å². The first-order chi connectivity index (χ1) is 7.57. The van der Waals surface area contributed by atoms with Crippen LogP contribution in [0, 0.1) is 5.92 Å². The van der Waals surface area contributed by atoms with Gasteiger partial charge in [0.2, 0.25) is 0 Å². The third kappa shape index (κ3) is 4.83. The fraction of sp³-hybridized carbons (Fsp3) is 1.00. The standard InChI is InChI=1S/C12H25NO2S/c1-3-16(14,15)9-8-11-6-4-5-7-12(10-11)13-2/h11-13H,3-10H2,1-2H3. The van der Waals surface area contributed by atoms with Crippen molar-refractivity contribution >= 4 is 9.84 Å². The Hall–Kier alpha value is -0.0900. The van der Waals surface area contributed by atoms with Gasteiger partial charge in [-0.05, 0) is 32.2 Å². The van der Waals surface area contributed by atoms with Crippen molar-refractivity contribution in [3.05, 3.63) is 0 Å². The molecule has 1 fully saturated rings. The van der Waals surface area contributed by atoms with E-state index < -0.39 is 9.84 Å². The minimum atomic E-state index is -2.78. The summed E-state index contributed by atoms with van der Waals surface area (Å²) in [6.07, 6.45) is 6.99. The Morgan fingerprint density at radius 3 is 2.56 bits per heavy atom. The lowest BCUT2D eigenvalue weighted by Gasteiger charge is -2.19. The monoisotopic (exact) mass is 247 g/mol. The van der Waals surface area contributed by atoms with E-state index in [0.29, 0.717) is 17.7 Å². The van der Waals surface area contributed by atoms with Gasteiger partial charge in [-0.3, -0.25) is 0 Å². The Bertz CT molecular complexity index is 287. The maximum Gasteiger partial charge on any atom is 0.150 e. The van der Waals surface area contributed by atoms with Crippen LogP contribution < -0.4 is 5.32 Å². The zero-order valence-electron chi connectivity index (χ0n) is 10.5. The normalized spacial score (nSPS) is 27.6. The van der Waals surface area contributed by atoms with Crippen LogP contribution in [-0.2, 0) is 9.84 Å². The van der Waals surface area contributed by atoms with E-state index in [1.54, 1.807) is 6.92 Å². The second kappa shape index (κ2) is 6.60. The molecule has 1 N–H and O–H groups in total. The van der Waals surface area contributed by atoms with Gasteiger partial charge in [-0.1, -0.05) is 26.2 Å². The molecule has 0 bridgehead atoms. The molecule has 1 aliphatic carbocycles. The molecule has 96 valence electrons. The molecule has 2 unspecified atom stereocenters. The molecular weight excluding hydrogens is 222 g/mol. The van der Waals surface area contributed by atoms with Crippen molar-refractivity contribution in [3.8, 4) is 0 Å². The lowest BCUT2D eigenvalue weighted by molar-refractivity contribution is 0.393. The van der Waals surface area contributed by atoms with Crippen LogP contribution in [0.15, 0.2) is 0 Å². The highest BCUT2D eigenvalue weighted by Crippen LogP contribution is 2.26. The predicted molar refractivity (Wildman–Crippen MR) is 68.4 cm³/mol. The van der Waals surface area contributed by atoms with Crippen LogP contribution in [-0.4, -0.2) is 33.0 Å². The molecule has 0 heterocycles. The van der Waals surface area contributed by atoms with Gasteiger partial charge < -0.3 is 5.32 Å². The molecule has 16 heavy (non-hydrogen) atoms. The summed E-state index contributed by atoms with van der Waals surface area (Å²) >= 11 is 0. The highest BCUT2D eigenvalue weighted by molar-refractivity contribution is 7.91. The molecule has 3 nitrogen and oxygen atoms in total. The van der Waals surface area contributed by atoms with Crippen molar-refractivity contribution in [2.75, 3.05) is 18.6 Å². The molecule has 0 aromatic rings. The summed E-state index contributed by atoms with van der Waals surface area (Å²) in [5, 5.41) is 3.34. The molecule has 0 aromatic carbocycles. The topological polar surface area (TPSA) is 46.2 Å². The third-order valence-electron chi connectivity index (χ3n) is 3.72. The van der Waals surface area contributed by atoms with E-state index in [0.717, 1.165) is 12.8 Å². The molecule has 1 aliphatic rings. The Balaban J connectivity index is 2.40. The Labute approximate surface area is 99.9 Å². The van der Waals surface area contributed by atoms with Crippen molar-refractivity contribution in [1.29, 1.82) is 0 Å². The summed E-state index contributed by atoms with van der Waals surface area (Å²) in [4.78, 5) is 0. The van der Waals surface area contributed by atoms with Crippen LogP contribution in [0.5, 0.6) is 0 Å². The van der Waals surface area contributed by atoms with E-state index in [9.17, 15) is 8.42 Å². The number of nitrogens with one attached hydrogen (secondary N) is 1. The summed E-state index contributed by atoms with van der Waals surface area (Å²) in [6.45, 7) is 1.73. The molecule has 0 aliphatic heterocycles. The second-order valence-electron chi connectivity index (χ2n) is 4.90. The highest BCUT2D eigenvalue weighted by Gasteiger charge is 2.20. The van der Waals surface area contributed by atoms with Gasteiger partial charge in [0.05, 0.1) is 5.75 Å². The van der Waals surface area contributed by atoms with Gasteiger partial charge in [0.1, 0.15) is 9.84 Å². The molecule has 0 amide bonds. The third-order valence-corrected chi connectivity index (χ3v) is 5.46. The Kier molecular flexibility index (Phi) is 5.76. The lowest BCUT2D eigenvalue weighted by atomic mass is 9.95. The van der Waals surface area contributed by atoms with Gasteiger partial charge in [0, 0.05) is 11.8 Å². The Morgan fingerprint density at radius 1 is 1.25 bits per heavy atom. The maximum absolute atomic E-state index is 11.5. The fourth-order valence-electron chi connectivity index (χ4n) is 2.48. The first-order valence-corrected chi connectivity index (χ1v) is 8.27. The van der Waals surface area contributed by atoms with E-state index in [-0.39, 0.29) is 5.75 Å². The summed E-state index contributed by atoms with van der Waals surface area (Å²) in [7, 11) is -0.766.